The van der Waals surface area contributed by atoms with Crippen LogP contribution in [0.4, 0.5) is 0 Å². The number of nitrogens with two attached hydrogens (primary N) is 1. The number of aryl methyl sites for hydroxylation is 1. The lowest BCUT2D eigenvalue weighted by molar-refractivity contribution is 0.0714. The van der Waals surface area contributed by atoms with Crippen LogP contribution in [0.25, 0.3) is 0 Å². The fourth-order valence-corrected chi connectivity index (χ4v) is 2.85. The smallest absolute Gasteiger partial charge is 0.0948 e. The molecule has 0 saturated carbocycles. The molecular formula is C14H27N5. The molecule has 1 aromatic heterocycles. The van der Waals surface area contributed by atoms with Crippen LogP contribution in [0, 0.1) is 0 Å². The second-order valence-corrected chi connectivity index (χ2v) is 5.59. The Morgan fingerprint density at radius 1 is 1.47 bits per heavy atom. The van der Waals surface area contributed by atoms with Gasteiger partial charge in [-0.3, -0.25) is 4.90 Å². The van der Waals surface area contributed by atoms with Crippen LogP contribution in [0.1, 0.15) is 32.0 Å². The molecule has 0 amide bonds. The molecule has 1 aliphatic rings. The Kier molecular flexibility index (Phi) is 4.96. The second kappa shape index (κ2) is 6.50. The molecule has 0 bridgehead atoms. The molecule has 5 heteroatoms. The van der Waals surface area contributed by atoms with Crippen LogP contribution in [0.15, 0.2) is 12.5 Å². The van der Waals surface area contributed by atoms with Crippen molar-refractivity contribution in [1.82, 2.24) is 19.4 Å². The molecule has 1 saturated heterocycles. The maximum absolute atomic E-state index is 6.04. The third-order valence-electron chi connectivity index (χ3n) is 4.21. The quantitative estimate of drug-likeness (QED) is 0.860. The van der Waals surface area contributed by atoms with E-state index in [9.17, 15) is 0 Å². The molecule has 0 aliphatic carbocycles. The van der Waals surface area contributed by atoms with E-state index in [4.69, 9.17) is 5.73 Å². The van der Waals surface area contributed by atoms with Gasteiger partial charge in [0.1, 0.15) is 0 Å². The molecule has 2 rings (SSSR count). The van der Waals surface area contributed by atoms with Crippen molar-refractivity contribution < 1.29 is 0 Å². The minimum atomic E-state index is 0.296. The molecule has 2 unspecified atom stereocenters. The van der Waals surface area contributed by atoms with E-state index in [-0.39, 0.29) is 0 Å². The molecule has 2 atom stereocenters. The van der Waals surface area contributed by atoms with Gasteiger partial charge in [-0.1, -0.05) is 6.92 Å². The van der Waals surface area contributed by atoms with E-state index in [1.165, 1.54) is 5.69 Å². The molecule has 0 radical (unpaired) electrons. The highest BCUT2D eigenvalue weighted by Gasteiger charge is 2.28. The summed E-state index contributed by atoms with van der Waals surface area (Å²) in [7, 11) is 2.20. The van der Waals surface area contributed by atoms with Crippen molar-refractivity contribution in [2.24, 2.45) is 5.73 Å². The SMILES string of the molecule is CCCn1cncc1C(CN)N1CCN(C)C(C)C1. The first-order valence-corrected chi connectivity index (χ1v) is 7.31. The van der Waals surface area contributed by atoms with Gasteiger partial charge in [-0.05, 0) is 20.4 Å². The molecule has 2 N–H and O–H groups in total. The van der Waals surface area contributed by atoms with E-state index < -0.39 is 0 Å². The molecular weight excluding hydrogens is 238 g/mol. The molecule has 1 aliphatic heterocycles. The lowest BCUT2D eigenvalue weighted by Crippen LogP contribution is -2.52. The predicted octanol–water partition coefficient (Wildman–Crippen LogP) is 0.929. The van der Waals surface area contributed by atoms with Gasteiger partial charge in [-0.15, -0.1) is 0 Å². The number of imidazole rings is 1. The summed E-state index contributed by atoms with van der Waals surface area (Å²) in [6.07, 6.45) is 5.04. The van der Waals surface area contributed by atoms with Gasteiger partial charge in [0.2, 0.25) is 0 Å². The van der Waals surface area contributed by atoms with Crippen LogP contribution in [-0.4, -0.2) is 58.6 Å². The van der Waals surface area contributed by atoms with Crippen molar-refractivity contribution in [3.8, 4) is 0 Å². The Morgan fingerprint density at radius 3 is 2.89 bits per heavy atom. The van der Waals surface area contributed by atoms with Crippen LogP contribution in [0.3, 0.4) is 0 Å². The van der Waals surface area contributed by atoms with Gasteiger partial charge in [0, 0.05) is 45.0 Å². The summed E-state index contributed by atoms with van der Waals surface area (Å²) in [5.41, 5.74) is 7.31. The molecule has 0 aromatic carbocycles. The first-order valence-electron chi connectivity index (χ1n) is 7.31. The Morgan fingerprint density at radius 2 is 2.26 bits per heavy atom. The average Bonchev–Trinajstić information content (AvgIpc) is 2.83. The topological polar surface area (TPSA) is 50.3 Å². The Hall–Kier alpha value is -0.910. The summed E-state index contributed by atoms with van der Waals surface area (Å²) in [6.45, 7) is 9.43. The number of rotatable bonds is 5. The largest absolute Gasteiger partial charge is 0.333 e. The average molecular weight is 265 g/mol. The van der Waals surface area contributed by atoms with E-state index >= 15 is 0 Å². The molecule has 1 fully saturated rings. The van der Waals surface area contributed by atoms with Crippen molar-refractivity contribution in [2.75, 3.05) is 33.2 Å². The van der Waals surface area contributed by atoms with Gasteiger partial charge in [-0.2, -0.15) is 0 Å². The number of likely N-dealkylation sites (N-methyl/N-ethyl adjacent to an activating group) is 1. The Labute approximate surface area is 116 Å². The molecule has 5 nitrogen and oxygen atoms in total. The molecule has 2 heterocycles. The number of nitrogens with zero attached hydrogens (tertiary/aromatic N) is 4. The summed E-state index contributed by atoms with van der Waals surface area (Å²) in [5.74, 6) is 0. The molecule has 1 aromatic rings. The van der Waals surface area contributed by atoms with Crippen molar-refractivity contribution in [3.63, 3.8) is 0 Å². The maximum atomic E-state index is 6.04. The minimum absolute atomic E-state index is 0.296. The minimum Gasteiger partial charge on any atom is -0.333 e. The predicted molar refractivity (Wildman–Crippen MR) is 78.0 cm³/mol. The van der Waals surface area contributed by atoms with Crippen molar-refractivity contribution >= 4 is 0 Å². The normalized spacial score (nSPS) is 23.7. The highest BCUT2D eigenvalue weighted by atomic mass is 15.3. The maximum Gasteiger partial charge on any atom is 0.0948 e. The zero-order valence-corrected chi connectivity index (χ0v) is 12.4. The summed E-state index contributed by atoms with van der Waals surface area (Å²) in [5, 5.41) is 0. The van der Waals surface area contributed by atoms with Crippen LogP contribution >= 0.6 is 0 Å². The van der Waals surface area contributed by atoms with E-state index in [2.05, 4.69) is 40.2 Å². The number of hydrogen-bond donors (Lipinski definition) is 1. The van der Waals surface area contributed by atoms with E-state index in [1.54, 1.807) is 0 Å². The van der Waals surface area contributed by atoms with Gasteiger partial charge in [0.05, 0.1) is 18.1 Å². The van der Waals surface area contributed by atoms with E-state index in [0.717, 1.165) is 32.6 Å². The first-order chi connectivity index (χ1) is 9.17. The third kappa shape index (κ3) is 3.16. The van der Waals surface area contributed by atoms with Gasteiger partial charge in [0.15, 0.2) is 0 Å². The highest BCUT2D eigenvalue weighted by Crippen LogP contribution is 2.22. The summed E-state index contributed by atoms with van der Waals surface area (Å²) in [4.78, 5) is 9.23. The summed E-state index contributed by atoms with van der Waals surface area (Å²) in [6, 6.07) is 0.885. The van der Waals surface area contributed by atoms with Gasteiger partial charge >= 0.3 is 0 Å². The van der Waals surface area contributed by atoms with Gasteiger partial charge in [-0.25, -0.2) is 4.98 Å². The third-order valence-corrected chi connectivity index (χ3v) is 4.21. The Bertz CT molecular complexity index is 389. The lowest BCUT2D eigenvalue weighted by atomic mass is 10.1. The second-order valence-electron chi connectivity index (χ2n) is 5.59. The summed E-state index contributed by atoms with van der Waals surface area (Å²) >= 11 is 0. The van der Waals surface area contributed by atoms with Crippen LogP contribution in [-0.2, 0) is 6.54 Å². The number of hydrogen-bond acceptors (Lipinski definition) is 4. The molecule has 19 heavy (non-hydrogen) atoms. The van der Waals surface area contributed by atoms with Crippen molar-refractivity contribution in [3.05, 3.63) is 18.2 Å². The standard InChI is InChI=1S/C14H27N5/c1-4-5-19-11-16-9-14(19)13(8-15)18-7-6-17(3)12(2)10-18/h9,11-13H,4-8,10,15H2,1-3H3. The zero-order chi connectivity index (χ0) is 13.8. The summed E-state index contributed by atoms with van der Waals surface area (Å²) < 4.78 is 2.25. The Balaban J connectivity index is 2.13. The molecule has 108 valence electrons. The number of aromatic nitrogens is 2. The lowest BCUT2D eigenvalue weighted by Gasteiger charge is -2.41. The number of piperazine rings is 1. The highest BCUT2D eigenvalue weighted by molar-refractivity contribution is 5.07. The fraction of sp³-hybridized carbons (Fsp3) is 0.786. The van der Waals surface area contributed by atoms with E-state index in [1.807, 2.05) is 12.5 Å². The van der Waals surface area contributed by atoms with Crippen LogP contribution < -0.4 is 5.73 Å². The monoisotopic (exact) mass is 265 g/mol. The van der Waals surface area contributed by atoms with Crippen LogP contribution in [0.5, 0.6) is 0 Å². The van der Waals surface area contributed by atoms with Crippen LogP contribution in [0.2, 0.25) is 0 Å². The van der Waals surface area contributed by atoms with Crippen molar-refractivity contribution in [1.29, 1.82) is 0 Å². The zero-order valence-electron chi connectivity index (χ0n) is 12.4. The van der Waals surface area contributed by atoms with Gasteiger partial charge < -0.3 is 15.2 Å². The fourth-order valence-electron chi connectivity index (χ4n) is 2.85. The van der Waals surface area contributed by atoms with Crippen molar-refractivity contribution in [2.45, 2.75) is 38.9 Å². The molecule has 0 spiro atoms. The van der Waals surface area contributed by atoms with E-state index in [0.29, 0.717) is 18.6 Å². The van der Waals surface area contributed by atoms with Gasteiger partial charge in [0.25, 0.3) is 0 Å². The first kappa shape index (κ1) is 14.5.